The molecule has 2 aromatic carbocycles. The molecule has 0 aliphatic heterocycles. The van der Waals surface area contributed by atoms with Crippen molar-refractivity contribution in [2.24, 2.45) is 0 Å². The van der Waals surface area contributed by atoms with E-state index in [9.17, 15) is 18.0 Å². The first-order valence-corrected chi connectivity index (χ1v) is 15.6. The minimum absolute atomic E-state index is 0.0889. The Morgan fingerprint density at radius 1 is 1.03 bits per heavy atom. The summed E-state index contributed by atoms with van der Waals surface area (Å²) in [6, 6.07) is 15.3. The second-order valence-electron chi connectivity index (χ2n) is 10.5. The molecule has 1 fully saturated rings. The number of anilines is 1. The van der Waals surface area contributed by atoms with Gasteiger partial charge in [-0.15, -0.1) is 0 Å². The molecule has 0 heterocycles. The van der Waals surface area contributed by atoms with E-state index in [1.165, 1.54) is 10.6 Å². The highest BCUT2D eigenvalue weighted by molar-refractivity contribution is 7.92. The van der Waals surface area contributed by atoms with Crippen LogP contribution in [0.15, 0.2) is 48.5 Å². The third kappa shape index (κ3) is 8.32. The molecule has 2 amide bonds. The maximum Gasteiger partial charge on any atom is 0.243 e. The molecule has 7 nitrogen and oxygen atoms in total. The lowest BCUT2D eigenvalue weighted by atomic mass is 10.1. The normalized spacial score (nSPS) is 14.7. The van der Waals surface area contributed by atoms with Crippen LogP contribution in [0.5, 0.6) is 0 Å². The zero-order chi connectivity index (χ0) is 27.7. The van der Waals surface area contributed by atoms with Crippen molar-refractivity contribution >= 4 is 27.5 Å². The molecule has 1 aliphatic carbocycles. The predicted molar refractivity (Wildman–Crippen MR) is 154 cm³/mol. The van der Waals surface area contributed by atoms with E-state index in [-0.39, 0.29) is 30.8 Å². The molecule has 2 aromatic rings. The van der Waals surface area contributed by atoms with Gasteiger partial charge in [0.1, 0.15) is 6.04 Å². The Balaban J connectivity index is 1.73. The van der Waals surface area contributed by atoms with Crippen LogP contribution in [0.3, 0.4) is 0 Å². The van der Waals surface area contributed by atoms with Crippen molar-refractivity contribution in [2.45, 2.75) is 84.2 Å². The molecule has 0 radical (unpaired) electrons. The topological polar surface area (TPSA) is 86.8 Å². The Hall–Kier alpha value is -2.87. The number of nitrogens with one attached hydrogen (secondary N) is 1. The van der Waals surface area contributed by atoms with Gasteiger partial charge >= 0.3 is 0 Å². The van der Waals surface area contributed by atoms with E-state index in [1.54, 1.807) is 4.90 Å². The minimum atomic E-state index is -3.53. The second-order valence-corrected chi connectivity index (χ2v) is 12.4. The van der Waals surface area contributed by atoms with Gasteiger partial charge in [0.05, 0.1) is 11.9 Å². The van der Waals surface area contributed by atoms with Gasteiger partial charge in [0, 0.05) is 25.6 Å². The molecule has 1 saturated carbocycles. The van der Waals surface area contributed by atoms with Gasteiger partial charge in [-0.3, -0.25) is 13.9 Å². The van der Waals surface area contributed by atoms with Gasteiger partial charge in [0.25, 0.3) is 0 Å². The Labute approximate surface area is 228 Å². The van der Waals surface area contributed by atoms with Crippen molar-refractivity contribution in [3.63, 3.8) is 0 Å². The standard InChI is InChI=1S/C30H43N3O4S/c1-5-27(30(35)31-26-14-9-10-15-26)32(21-19-25-12-7-6-8-13-25)29(34)16-11-20-33(38(4,36)37)28-22-23(2)17-18-24(28)3/h6-8,12-13,17-18,22,26-27H,5,9-11,14-16,19-21H2,1-4H3,(H,31,35)/t27-/m0/s1. The number of sulfonamides is 1. The summed E-state index contributed by atoms with van der Waals surface area (Å²) in [5.41, 5.74) is 3.59. The maximum atomic E-state index is 13.6. The summed E-state index contributed by atoms with van der Waals surface area (Å²) in [6.45, 7) is 6.39. The van der Waals surface area contributed by atoms with Crippen molar-refractivity contribution in [2.75, 3.05) is 23.7 Å². The van der Waals surface area contributed by atoms with E-state index < -0.39 is 16.1 Å². The number of amides is 2. The van der Waals surface area contributed by atoms with Gasteiger partial charge in [0.15, 0.2) is 0 Å². The molecular weight excluding hydrogens is 498 g/mol. The van der Waals surface area contributed by atoms with Crippen LogP contribution in [-0.2, 0) is 26.0 Å². The number of benzene rings is 2. The van der Waals surface area contributed by atoms with Gasteiger partial charge in [0.2, 0.25) is 21.8 Å². The minimum Gasteiger partial charge on any atom is -0.352 e. The summed E-state index contributed by atoms with van der Waals surface area (Å²) in [6.07, 6.45) is 7.11. The first-order chi connectivity index (χ1) is 18.1. The molecule has 0 unspecified atom stereocenters. The molecule has 8 heteroatoms. The molecule has 1 aliphatic rings. The van der Waals surface area contributed by atoms with E-state index >= 15 is 0 Å². The van der Waals surface area contributed by atoms with E-state index in [4.69, 9.17) is 0 Å². The van der Waals surface area contributed by atoms with E-state index in [0.29, 0.717) is 31.5 Å². The number of rotatable bonds is 13. The van der Waals surface area contributed by atoms with Gasteiger partial charge in [-0.05, 0) is 68.7 Å². The summed E-state index contributed by atoms with van der Waals surface area (Å²) < 4.78 is 26.7. The highest BCUT2D eigenvalue weighted by Crippen LogP contribution is 2.25. The summed E-state index contributed by atoms with van der Waals surface area (Å²) in [5.74, 6) is -0.210. The van der Waals surface area contributed by atoms with Crippen molar-refractivity contribution < 1.29 is 18.0 Å². The molecule has 38 heavy (non-hydrogen) atoms. The van der Waals surface area contributed by atoms with Crippen LogP contribution in [0.1, 0.15) is 68.6 Å². The summed E-state index contributed by atoms with van der Waals surface area (Å²) in [5, 5.41) is 3.17. The van der Waals surface area contributed by atoms with Gasteiger partial charge in [-0.25, -0.2) is 8.42 Å². The van der Waals surface area contributed by atoms with Crippen LogP contribution in [0.25, 0.3) is 0 Å². The van der Waals surface area contributed by atoms with E-state index in [2.05, 4.69) is 5.32 Å². The maximum absolute atomic E-state index is 13.6. The number of carbonyl (C=O) groups excluding carboxylic acids is 2. The zero-order valence-electron chi connectivity index (χ0n) is 23.3. The SMILES string of the molecule is CC[C@@H](C(=O)NC1CCCC1)N(CCc1ccccc1)C(=O)CCCN(c1cc(C)ccc1C)S(C)(=O)=O. The molecule has 3 rings (SSSR count). The van der Waals surface area contributed by atoms with Crippen molar-refractivity contribution in [3.8, 4) is 0 Å². The highest BCUT2D eigenvalue weighted by Gasteiger charge is 2.30. The van der Waals surface area contributed by atoms with Crippen LogP contribution in [0.4, 0.5) is 5.69 Å². The fourth-order valence-electron chi connectivity index (χ4n) is 5.23. The van der Waals surface area contributed by atoms with Crippen molar-refractivity contribution in [1.82, 2.24) is 10.2 Å². The third-order valence-corrected chi connectivity index (χ3v) is 8.54. The molecule has 0 spiro atoms. The van der Waals surface area contributed by atoms with E-state index in [1.807, 2.05) is 69.3 Å². The monoisotopic (exact) mass is 541 g/mol. The first-order valence-electron chi connectivity index (χ1n) is 13.8. The number of hydrogen-bond donors (Lipinski definition) is 1. The lowest BCUT2D eigenvalue weighted by molar-refractivity contribution is -0.141. The predicted octanol–water partition coefficient (Wildman–Crippen LogP) is 4.76. The van der Waals surface area contributed by atoms with Gasteiger partial charge in [-0.2, -0.15) is 0 Å². The number of carbonyl (C=O) groups is 2. The molecule has 0 bridgehead atoms. The Kier molecular flexibility index (Phi) is 10.8. The Bertz CT molecular complexity index is 1180. The van der Waals surface area contributed by atoms with E-state index in [0.717, 1.165) is 42.4 Å². The molecular formula is C30H43N3O4S. The highest BCUT2D eigenvalue weighted by atomic mass is 32.2. The number of hydrogen-bond acceptors (Lipinski definition) is 4. The van der Waals surface area contributed by atoms with Crippen LogP contribution >= 0.6 is 0 Å². The lowest BCUT2D eigenvalue weighted by Gasteiger charge is -2.32. The lowest BCUT2D eigenvalue weighted by Crippen LogP contribution is -2.52. The zero-order valence-corrected chi connectivity index (χ0v) is 24.1. The quantitative estimate of drug-likeness (QED) is 0.396. The Morgan fingerprint density at radius 3 is 2.34 bits per heavy atom. The summed E-state index contributed by atoms with van der Waals surface area (Å²) in [7, 11) is -3.53. The average Bonchev–Trinajstić information content (AvgIpc) is 3.38. The van der Waals surface area contributed by atoms with Crippen molar-refractivity contribution in [3.05, 3.63) is 65.2 Å². The average molecular weight is 542 g/mol. The van der Waals surface area contributed by atoms with Gasteiger partial charge < -0.3 is 10.2 Å². The second kappa shape index (κ2) is 13.8. The fourth-order valence-corrected chi connectivity index (χ4v) is 6.25. The molecule has 0 aromatic heterocycles. The first kappa shape index (κ1) is 29.7. The molecule has 0 saturated heterocycles. The third-order valence-electron chi connectivity index (χ3n) is 7.36. The molecule has 1 atom stereocenters. The van der Waals surface area contributed by atoms with Gasteiger partial charge in [-0.1, -0.05) is 62.2 Å². The largest absolute Gasteiger partial charge is 0.352 e. The van der Waals surface area contributed by atoms with Crippen LogP contribution in [-0.4, -0.2) is 56.6 Å². The number of nitrogens with zero attached hydrogens (tertiary/aromatic N) is 2. The molecule has 1 N–H and O–H groups in total. The summed E-state index contributed by atoms with van der Waals surface area (Å²) in [4.78, 5) is 28.5. The number of aryl methyl sites for hydroxylation is 2. The van der Waals surface area contributed by atoms with Crippen LogP contribution < -0.4 is 9.62 Å². The molecule has 208 valence electrons. The van der Waals surface area contributed by atoms with Crippen LogP contribution in [0.2, 0.25) is 0 Å². The summed E-state index contributed by atoms with van der Waals surface area (Å²) >= 11 is 0. The van der Waals surface area contributed by atoms with Crippen molar-refractivity contribution in [1.29, 1.82) is 0 Å². The fraction of sp³-hybridized carbons (Fsp3) is 0.533. The Morgan fingerprint density at radius 2 is 1.71 bits per heavy atom. The van der Waals surface area contributed by atoms with Crippen LogP contribution in [0, 0.1) is 13.8 Å². The smallest absolute Gasteiger partial charge is 0.243 e.